The monoisotopic (exact) mass is 211 g/mol. The van der Waals surface area contributed by atoms with Crippen LogP contribution in [0.3, 0.4) is 0 Å². The molecular weight excluding hydrogens is 198 g/mol. The first-order chi connectivity index (χ1) is 6.86. The molecule has 2 aliphatic heterocycles. The lowest BCUT2D eigenvalue weighted by molar-refractivity contribution is -0.241. The summed E-state index contributed by atoms with van der Waals surface area (Å²) in [5, 5.41) is 0. The van der Waals surface area contributed by atoms with Crippen LogP contribution in [0.5, 0.6) is 0 Å². The zero-order valence-electron chi connectivity index (χ0n) is 8.99. The second kappa shape index (κ2) is 2.81. The summed E-state index contributed by atoms with van der Waals surface area (Å²) in [5.41, 5.74) is -0.636. The van der Waals surface area contributed by atoms with Gasteiger partial charge in [0.2, 0.25) is 0 Å². The number of cyclic esters (lactones) is 2. The lowest BCUT2D eigenvalue weighted by Gasteiger charge is -2.36. The van der Waals surface area contributed by atoms with E-state index in [1.165, 1.54) is 13.8 Å². The van der Waals surface area contributed by atoms with E-state index < -0.39 is 23.3 Å². The molecule has 0 aromatic heterocycles. The molecule has 0 aromatic carbocycles. The summed E-state index contributed by atoms with van der Waals surface area (Å²) in [6.45, 7) is 4.84. The van der Waals surface area contributed by atoms with Crippen molar-refractivity contribution in [3.05, 3.63) is 0 Å². The van der Waals surface area contributed by atoms with Crippen molar-refractivity contribution in [2.45, 2.75) is 44.9 Å². The van der Waals surface area contributed by atoms with Crippen LogP contribution in [0.1, 0.15) is 33.6 Å². The molecule has 5 nitrogen and oxygen atoms in total. The molecule has 0 atom stereocenters. The third kappa shape index (κ3) is 1.42. The lowest BCUT2D eigenvalue weighted by atomic mass is 9.95. The van der Waals surface area contributed by atoms with Gasteiger partial charge in [0.25, 0.3) is 11.3 Å². The summed E-state index contributed by atoms with van der Waals surface area (Å²) >= 11 is 0. The van der Waals surface area contributed by atoms with Crippen LogP contribution in [-0.4, -0.2) is 29.0 Å². The highest BCUT2D eigenvalue weighted by atomic mass is 16.7. The molecule has 0 saturated carbocycles. The van der Waals surface area contributed by atoms with E-state index in [1.54, 1.807) is 6.92 Å². The summed E-state index contributed by atoms with van der Waals surface area (Å²) in [7, 11) is 0. The van der Waals surface area contributed by atoms with Crippen molar-refractivity contribution < 1.29 is 19.1 Å². The molecule has 0 aromatic rings. The highest BCUT2D eigenvalue weighted by Gasteiger charge is 2.58. The van der Waals surface area contributed by atoms with Gasteiger partial charge in [-0.3, -0.25) is 4.99 Å². The fraction of sp³-hybridized carbons (Fsp3) is 0.700. The Morgan fingerprint density at radius 2 is 1.73 bits per heavy atom. The van der Waals surface area contributed by atoms with Crippen molar-refractivity contribution in [2.24, 2.45) is 4.99 Å². The molecule has 0 bridgehead atoms. The minimum absolute atomic E-state index is 0.354. The van der Waals surface area contributed by atoms with Crippen LogP contribution in [0.15, 0.2) is 4.99 Å². The SMILES string of the molecule is CC1=NC2(CC1)C(=O)OC(C)(C)OC2=O. The molecule has 0 unspecified atom stereocenters. The Hall–Kier alpha value is -1.39. The standard InChI is InChI=1S/C10H13NO4/c1-6-4-5-10(11-6)7(12)14-9(2,3)15-8(10)13/h4-5H2,1-3H3. The summed E-state index contributed by atoms with van der Waals surface area (Å²) < 4.78 is 10.1. The Morgan fingerprint density at radius 1 is 1.20 bits per heavy atom. The van der Waals surface area contributed by atoms with Crippen molar-refractivity contribution in [1.82, 2.24) is 0 Å². The number of esters is 2. The molecule has 15 heavy (non-hydrogen) atoms. The second-order valence-electron chi connectivity index (χ2n) is 4.39. The van der Waals surface area contributed by atoms with Crippen LogP contribution in [0.2, 0.25) is 0 Å². The van der Waals surface area contributed by atoms with E-state index in [2.05, 4.69) is 4.99 Å². The van der Waals surface area contributed by atoms with Gasteiger partial charge in [0.1, 0.15) is 0 Å². The molecule has 0 N–H and O–H groups in total. The molecule has 1 saturated heterocycles. The minimum Gasteiger partial charge on any atom is -0.421 e. The van der Waals surface area contributed by atoms with Crippen LogP contribution in [0.4, 0.5) is 0 Å². The van der Waals surface area contributed by atoms with Crippen molar-refractivity contribution >= 4 is 17.7 Å². The highest BCUT2D eigenvalue weighted by molar-refractivity contribution is 6.10. The molecule has 0 amide bonds. The molecule has 2 aliphatic rings. The molecule has 5 heteroatoms. The normalized spacial score (nSPS) is 27.3. The smallest absolute Gasteiger partial charge is 0.349 e. The zero-order valence-corrected chi connectivity index (χ0v) is 8.99. The molecule has 0 radical (unpaired) electrons. The van der Waals surface area contributed by atoms with Crippen LogP contribution < -0.4 is 0 Å². The largest absolute Gasteiger partial charge is 0.421 e. The van der Waals surface area contributed by atoms with E-state index in [9.17, 15) is 9.59 Å². The van der Waals surface area contributed by atoms with E-state index in [4.69, 9.17) is 9.47 Å². The number of rotatable bonds is 0. The van der Waals surface area contributed by atoms with E-state index in [0.717, 1.165) is 5.71 Å². The average molecular weight is 211 g/mol. The Labute approximate surface area is 87.5 Å². The number of hydrogen-bond donors (Lipinski definition) is 0. The van der Waals surface area contributed by atoms with Crippen LogP contribution in [-0.2, 0) is 19.1 Å². The highest BCUT2D eigenvalue weighted by Crippen LogP contribution is 2.35. The first kappa shape index (κ1) is 10.1. The predicted octanol–water partition coefficient (Wildman–Crippen LogP) is 0.816. The number of nitrogens with zero attached hydrogens (tertiary/aromatic N) is 1. The first-order valence-corrected chi connectivity index (χ1v) is 4.88. The number of ether oxygens (including phenoxy) is 2. The molecular formula is C10H13NO4. The lowest BCUT2D eigenvalue weighted by Crippen LogP contribution is -2.56. The Morgan fingerprint density at radius 3 is 2.13 bits per heavy atom. The number of carbonyl (C=O) groups excluding carboxylic acids is 2. The van der Waals surface area contributed by atoms with Gasteiger partial charge in [-0.25, -0.2) is 9.59 Å². The van der Waals surface area contributed by atoms with Crippen molar-refractivity contribution in [2.75, 3.05) is 0 Å². The number of carbonyl (C=O) groups is 2. The topological polar surface area (TPSA) is 65.0 Å². The average Bonchev–Trinajstić information content (AvgIpc) is 2.44. The Kier molecular flexibility index (Phi) is 1.90. The molecule has 1 spiro atoms. The van der Waals surface area contributed by atoms with Gasteiger partial charge >= 0.3 is 11.9 Å². The fourth-order valence-electron chi connectivity index (χ4n) is 1.81. The van der Waals surface area contributed by atoms with Gasteiger partial charge in [-0.05, 0) is 19.8 Å². The predicted molar refractivity (Wildman–Crippen MR) is 51.3 cm³/mol. The van der Waals surface area contributed by atoms with Crippen molar-refractivity contribution in [3.63, 3.8) is 0 Å². The summed E-state index contributed by atoms with van der Waals surface area (Å²) in [5.74, 6) is -2.37. The third-order valence-electron chi connectivity index (χ3n) is 2.58. The first-order valence-electron chi connectivity index (χ1n) is 4.88. The van der Waals surface area contributed by atoms with E-state index >= 15 is 0 Å². The number of aliphatic imine (C=N–C) groups is 1. The van der Waals surface area contributed by atoms with Crippen LogP contribution in [0.25, 0.3) is 0 Å². The Bertz CT molecular complexity index is 350. The second-order valence-corrected chi connectivity index (χ2v) is 4.39. The quantitative estimate of drug-likeness (QED) is 0.439. The Balaban J connectivity index is 2.36. The van der Waals surface area contributed by atoms with Crippen molar-refractivity contribution in [3.8, 4) is 0 Å². The van der Waals surface area contributed by atoms with Gasteiger partial charge in [-0.1, -0.05) is 0 Å². The summed E-state index contributed by atoms with van der Waals surface area (Å²) in [6.07, 6.45) is 0.983. The van der Waals surface area contributed by atoms with Crippen LogP contribution in [0, 0.1) is 0 Å². The van der Waals surface area contributed by atoms with E-state index in [0.29, 0.717) is 12.8 Å². The third-order valence-corrected chi connectivity index (χ3v) is 2.58. The van der Waals surface area contributed by atoms with E-state index in [1.807, 2.05) is 0 Å². The van der Waals surface area contributed by atoms with Gasteiger partial charge in [0, 0.05) is 19.6 Å². The maximum Gasteiger partial charge on any atom is 0.349 e. The molecule has 0 aliphatic carbocycles. The maximum atomic E-state index is 11.8. The summed E-state index contributed by atoms with van der Waals surface area (Å²) in [4.78, 5) is 27.6. The number of hydrogen-bond acceptors (Lipinski definition) is 5. The van der Waals surface area contributed by atoms with E-state index in [-0.39, 0.29) is 0 Å². The minimum atomic E-state index is -1.42. The van der Waals surface area contributed by atoms with Crippen LogP contribution >= 0.6 is 0 Å². The molecule has 1 fully saturated rings. The molecule has 2 heterocycles. The van der Waals surface area contributed by atoms with Gasteiger partial charge in [0.15, 0.2) is 0 Å². The van der Waals surface area contributed by atoms with Gasteiger partial charge in [-0.2, -0.15) is 0 Å². The van der Waals surface area contributed by atoms with Gasteiger partial charge < -0.3 is 9.47 Å². The molecule has 2 rings (SSSR count). The zero-order chi connectivity index (χ0) is 11.3. The van der Waals surface area contributed by atoms with Crippen molar-refractivity contribution in [1.29, 1.82) is 0 Å². The van der Waals surface area contributed by atoms with Gasteiger partial charge in [-0.15, -0.1) is 0 Å². The maximum absolute atomic E-state index is 11.8. The summed E-state index contributed by atoms with van der Waals surface area (Å²) in [6, 6.07) is 0. The molecule has 82 valence electrons. The van der Waals surface area contributed by atoms with Gasteiger partial charge in [0.05, 0.1) is 0 Å². The fourth-order valence-corrected chi connectivity index (χ4v) is 1.81.